The number of Topliss-reactive ketones (excluding diaryl/α,β-unsaturated/α-hetero) is 1. The summed E-state index contributed by atoms with van der Waals surface area (Å²) in [5.74, 6) is -0.135. The Bertz CT molecular complexity index is 529. The third kappa shape index (κ3) is 5.94. The van der Waals surface area contributed by atoms with Gasteiger partial charge >= 0.3 is 0 Å². The van der Waals surface area contributed by atoms with Crippen molar-refractivity contribution >= 4 is 5.78 Å². The van der Waals surface area contributed by atoms with Crippen LogP contribution in [0.25, 0.3) is 0 Å². The minimum atomic E-state index is -1.72. The van der Waals surface area contributed by atoms with E-state index in [1.54, 1.807) is 0 Å². The second kappa shape index (κ2) is 11.8. The van der Waals surface area contributed by atoms with E-state index in [4.69, 9.17) is 14.2 Å². The number of hydrogen-bond donors (Lipinski definition) is 7. The van der Waals surface area contributed by atoms with E-state index in [0.29, 0.717) is 12.8 Å². The van der Waals surface area contributed by atoms with E-state index in [9.17, 15) is 40.5 Å². The molecule has 2 heterocycles. The van der Waals surface area contributed by atoms with Crippen LogP contribution in [0.4, 0.5) is 0 Å². The first-order valence-electron chi connectivity index (χ1n) is 10.3. The molecule has 0 amide bonds. The van der Waals surface area contributed by atoms with Gasteiger partial charge in [-0.05, 0) is 6.42 Å². The van der Waals surface area contributed by atoms with Gasteiger partial charge in [0.15, 0.2) is 6.29 Å². The maximum atomic E-state index is 12.1. The van der Waals surface area contributed by atoms with Crippen LogP contribution < -0.4 is 0 Å². The molecule has 11 heteroatoms. The number of ketones is 1. The van der Waals surface area contributed by atoms with E-state index in [2.05, 4.69) is 0 Å². The summed E-state index contributed by atoms with van der Waals surface area (Å²) in [6.45, 7) is 0.728. The first kappa shape index (κ1) is 25.5. The summed E-state index contributed by atoms with van der Waals surface area (Å²) in [5, 5.41) is 69.7. The summed E-state index contributed by atoms with van der Waals surface area (Å²) < 4.78 is 16.3. The monoisotopic (exact) mass is 438 g/mol. The van der Waals surface area contributed by atoms with Crippen molar-refractivity contribution in [3.8, 4) is 0 Å². The van der Waals surface area contributed by atoms with Gasteiger partial charge in [0.25, 0.3) is 0 Å². The van der Waals surface area contributed by atoms with Crippen LogP contribution in [0.1, 0.15) is 39.0 Å². The van der Waals surface area contributed by atoms with Crippen LogP contribution >= 0.6 is 0 Å². The van der Waals surface area contributed by atoms with Crippen LogP contribution in [0.15, 0.2) is 0 Å². The lowest BCUT2D eigenvalue weighted by Crippen LogP contribution is -2.64. The zero-order valence-electron chi connectivity index (χ0n) is 17.0. The minimum Gasteiger partial charge on any atom is -0.394 e. The molecule has 2 aliphatic heterocycles. The molecule has 0 unspecified atom stereocenters. The number of rotatable bonds is 10. The highest BCUT2D eigenvalue weighted by molar-refractivity contribution is 5.78. The predicted octanol–water partition coefficient (Wildman–Crippen LogP) is -2.81. The number of carbonyl (C=O) groups is 1. The maximum absolute atomic E-state index is 12.1. The number of hydrogen-bond acceptors (Lipinski definition) is 11. The second-order valence-electron chi connectivity index (χ2n) is 7.87. The summed E-state index contributed by atoms with van der Waals surface area (Å²) in [7, 11) is 0. The summed E-state index contributed by atoms with van der Waals surface area (Å²) in [5.41, 5.74) is 0. The Kier molecular flexibility index (Phi) is 10.0. The van der Waals surface area contributed by atoms with Crippen LogP contribution in [0.5, 0.6) is 0 Å². The van der Waals surface area contributed by atoms with Crippen LogP contribution in [-0.2, 0) is 19.0 Å². The molecule has 0 aromatic heterocycles. The Morgan fingerprint density at radius 3 is 2.03 bits per heavy atom. The molecule has 10 atom stereocenters. The summed E-state index contributed by atoms with van der Waals surface area (Å²) >= 11 is 0. The van der Waals surface area contributed by atoms with Crippen LogP contribution in [-0.4, -0.2) is 116 Å². The molecule has 2 saturated heterocycles. The summed E-state index contributed by atoms with van der Waals surface area (Å²) in [6.07, 6.45) is -11.7. The van der Waals surface area contributed by atoms with Gasteiger partial charge in [-0.15, -0.1) is 0 Å². The van der Waals surface area contributed by atoms with Gasteiger partial charge in [-0.1, -0.05) is 19.8 Å². The average Bonchev–Trinajstić information content (AvgIpc) is 2.73. The molecule has 0 aliphatic carbocycles. The molecule has 176 valence electrons. The molecule has 2 aliphatic rings. The molecule has 11 nitrogen and oxygen atoms in total. The molecule has 0 saturated carbocycles. The van der Waals surface area contributed by atoms with Crippen LogP contribution in [0.2, 0.25) is 0 Å². The predicted molar refractivity (Wildman–Crippen MR) is 100 cm³/mol. The van der Waals surface area contributed by atoms with Gasteiger partial charge in [-0.3, -0.25) is 4.79 Å². The molecule has 0 spiro atoms. The number of ether oxygens (including phenoxy) is 3. The molecular weight excluding hydrogens is 404 g/mol. The molecule has 30 heavy (non-hydrogen) atoms. The van der Waals surface area contributed by atoms with E-state index in [0.717, 1.165) is 12.8 Å². The van der Waals surface area contributed by atoms with Gasteiger partial charge in [0, 0.05) is 12.8 Å². The van der Waals surface area contributed by atoms with Crippen molar-refractivity contribution in [2.24, 2.45) is 0 Å². The molecule has 0 aromatic carbocycles. The van der Waals surface area contributed by atoms with Crippen molar-refractivity contribution in [2.75, 3.05) is 13.2 Å². The third-order valence-electron chi connectivity index (χ3n) is 5.59. The van der Waals surface area contributed by atoms with E-state index in [-0.39, 0.29) is 12.2 Å². The smallest absolute Gasteiger partial charge is 0.187 e. The Balaban J connectivity index is 2.03. The highest BCUT2D eigenvalue weighted by Gasteiger charge is 2.50. The fourth-order valence-electron chi connectivity index (χ4n) is 3.73. The average molecular weight is 438 g/mol. The molecule has 0 bridgehead atoms. The topological polar surface area (TPSA) is 186 Å². The summed E-state index contributed by atoms with van der Waals surface area (Å²) in [4.78, 5) is 12.1. The summed E-state index contributed by atoms with van der Waals surface area (Å²) in [6, 6.07) is 0. The van der Waals surface area contributed by atoms with Crippen LogP contribution in [0.3, 0.4) is 0 Å². The quantitative estimate of drug-likeness (QED) is 0.175. The number of carbonyl (C=O) groups excluding carboxylic acids is 1. The number of unbranched alkanes of at least 4 members (excludes halogenated alkanes) is 2. The van der Waals surface area contributed by atoms with Crippen molar-refractivity contribution in [1.82, 2.24) is 0 Å². The zero-order valence-corrected chi connectivity index (χ0v) is 17.0. The highest BCUT2D eigenvalue weighted by Crippen LogP contribution is 2.30. The Hall–Kier alpha value is -0.730. The number of aliphatic hydroxyl groups is 7. The fraction of sp³-hybridized carbons (Fsp3) is 0.947. The lowest BCUT2D eigenvalue weighted by atomic mass is 9.91. The molecular formula is C19H34O11. The standard InChI is InChI=1S/C19H34O11/c1-2-3-4-5-9(22)6-10-13(23)16(26)18(12(8-21)28-10)30-19-17(27)15(25)14(24)11(7-20)29-19/h10-21,23-27H,2-8H2,1H3/t10-,11-,12-,13+,14-,15+,16-,17-,18-,19+/m1/s1. The van der Waals surface area contributed by atoms with Gasteiger partial charge < -0.3 is 50.0 Å². The lowest BCUT2D eigenvalue weighted by Gasteiger charge is -2.46. The minimum absolute atomic E-state index is 0.134. The van der Waals surface area contributed by atoms with Crippen molar-refractivity contribution in [3.63, 3.8) is 0 Å². The van der Waals surface area contributed by atoms with Gasteiger partial charge in [0.05, 0.1) is 19.3 Å². The Morgan fingerprint density at radius 2 is 1.43 bits per heavy atom. The zero-order chi connectivity index (χ0) is 22.4. The van der Waals surface area contributed by atoms with Crippen molar-refractivity contribution in [3.05, 3.63) is 0 Å². The highest BCUT2D eigenvalue weighted by atomic mass is 16.7. The van der Waals surface area contributed by atoms with E-state index >= 15 is 0 Å². The van der Waals surface area contributed by atoms with E-state index in [1.807, 2.05) is 6.92 Å². The molecule has 2 rings (SSSR count). The van der Waals surface area contributed by atoms with Gasteiger partial charge in [-0.25, -0.2) is 0 Å². The lowest BCUT2D eigenvalue weighted by molar-refractivity contribution is -0.341. The molecule has 7 N–H and O–H groups in total. The first-order chi connectivity index (χ1) is 14.2. The largest absolute Gasteiger partial charge is 0.394 e. The molecule has 0 aromatic rings. The van der Waals surface area contributed by atoms with Crippen molar-refractivity contribution < 1.29 is 54.8 Å². The SMILES string of the molecule is CCCCCC(=O)C[C@H]1O[C@H](CO)[C@@H](O[C@@H]2O[C@H](CO)[C@@H](O)[C@H](O)[C@H]2O)[C@H](O)[C@H]1O. The fourth-order valence-corrected chi connectivity index (χ4v) is 3.73. The maximum Gasteiger partial charge on any atom is 0.187 e. The normalized spacial score (nSPS) is 42.3. The Morgan fingerprint density at radius 1 is 0.800 bits per heavy atom. The molecule has 0 radical (unpaired) electrons. The van der Waals surface area contributed by atoms with Gasteiger partial charge in [0.1, 0.15) is 54.6 Å². The van der Waals surface area contributed by atoms with Gasteiger partial charge in [-0.2, -0.15) is 0 Å². The molecule has 2 fully saturated rings. The van der Waals surface area contributed by atoms with Crippen molar-refractivity contribution in [2.45, 2.75) is 100 Å². The van der Waals surface area contributed by atoms with E-state index < -0.39 is 74.4 Å². The van der Waals surface area contributed by atoms with Crippen molar-refractivity contribution in [1.29, 1.82) is 0 Å². The Labute approximate surface area is 174 Å². The second-order valence-corrected chi connectivity index (χ2v) is 7.87. The van der Waals surface area contributed by atoms with Crippen LogP contribution in [0, 0.1) is 0 Å². The van der Waals surface area contributed by atoms with E-state index in [1.165, 1.54) is 0 Å². The third-order valence-corrected chi connectivity index (χ3v) is 5.59. The number of aliphatic hydroxyl groups excluding tert-OH is 7. The van der Waals surface area contributed by atoms with Gasteiger partial charge in [0.2, 0.25) is 0 Å². The first-order valence-corrected chi connectivity index (χ1v) is 10.3.